The average Bonchev–Trinajstić information content (AvgIpc) is 2.40. The van der Waals surface area contributed by atoms with Gasteiger partial charge in [0.25, 0.3) is 0 Å². The van der Waals surface area contributed by atoms with E-state index in [-0.39, 0.29) is 6.10 Å². The summed E-state index contributed by atoms with van der Waals surface area (Å²) in [6.07, 6.45) is 3.92. The zero-order chi connectivity index (χ0) is 11.5. The zero-order valence-corrected chi connectivity index (χ0v) is 10.0. The second-order valence-electron chi connectivity index (χ2n) is 4.95. The van der Waals surface area contributed by atoms with Gasteiger partial charge in [0.2, 0.25) is 0 Å². The number of piperidine rings is 1. The molecule has 17 heavy (non-hydrogen) atoms. The number of nitrogens with one attached hydrogen (secondary N) is 1. The molecule has 2 unspecified atom stereocenters. The summed E-state index contributed by atoms with van der Waals surface area (Å²) in [7, 11) is 0. The van der Waals surface area contributed by atoms with E-state index in [1.807, 2.05) is 24.3 Å². The van der Waals surface area contributed by atoms with Crippen LogP contribution in [0.15, 0.2) is 24.3 Å². The standard InChI is InChI=1S/C14H19NO2/c1-2-6-14-13(5-1)16-10-12(17-14)8-11-4-3-7-15-9-11/h1-2,5-6,11-12,15H,3-4,7-10H2. The van der Waals surface area contributed by atoms with Crippen molar-refractivity contribution in [3.05, 3.63) is 24.3 Å². The van der Waals surface area contributed by atoms with Gasteiger partial charge in [-0.3, -0.25) is 0 Å². The highest BCUT2D eigenvalue weighted by molar-refractivity contribution is 5.40. The number of fused-ring (bicyclic) bond motifs is 1. The third-order valence-corrected chi connectivity index (χ3v) is 3.56. The van der Waals surface area contributed by atoms with Crippen LogP contribution in [0.3, 0.4) is 0 Å². The van der Waals surface area contributed by atoms with Crippen LogP contribution in [0.2, 0.25) is 0 Å². The van der Waals surface area contributed by atoms with E-state index in [0.717, 1.165) is 30.4 Å². The fourth-order valence-electron chi connectivity index (χ4n) is 2.68. The first-order valence-corrected chi connectivity index (χ1v) is 6.51. The molecule has 2 heterocycles. The largest absolute Gasteiger partial charge is 0.486 e. The van der Waals surface area contributed by atoms with E-state index >= 15 is 0 Å². The molecule has 0 spiro atoms. The first-order chi connectivity index (χ1) is 8.42. The molecule has 2 aliphatic rings. The van der Waals surface area contributed by atoms with Gasteiger partial charge in [0.05, 0.1) is 0 Å². The van der Waals surface area contributed by atoms with Gasteiger partial charge in [0.1, 0.15) is 12.7 Å². The number of hydrogen-bond donors (Lipinski definition) is 1. The van der Waals surface area contributed by atoms with Gasteiger partial charge in [0.15, 0.2) is 11.5 Å². The van der Waals surface area contributed by atoms with E-state index < -0.39 is 0 Å². The molecule has 2 atom stereocenters. The number of rotatable bonds is 2. The maximum atomic E-state index is 5.98. The second-order valence-corrected chi connectivity index (χ2v) is 4.95. The van der Waals surface area contributed by atoms with Crippen molar-refractivity contribution >= 4 is 0 Å². The van der Waals surface area contributed by atoms with Crippen molar-refractivity contribution in [2.45, 2.75) is 25.4 Å². The minimum atomic E-state index is 0.217. The van der Waals surface area contributed by atoms with Crippen molar-refractivity contribution in [3.63, 3.8) is 0 Å². The quantitative estimate of drug-likeness (QED) is 0.849. The molecule has 3 nitrogen and oxygen atoms in total. The predicted octanol–water partition coefficient (Wildman–Crippen LogP) is 2.22. The minimum Gasteiger partial charge on any atom is -0.486 e. The van der Waals surface area contributed by atoms with E-state index in [1.165, 1.54) is 19.4 Å². The van der Waals surface area contributed by atoms with E-state index in [0.29, 0.717) is 6.61 Å². The Kier molecular flexibility index (Phi) is 3.18. The molecule has 0 saturated carbocycles. The summed E-state index contributed by atoms with van der Waals surface area (Å²) in [5, 5.41) is 3.45. The zero-order valence-electron chi connectivity index (χ0n) is 10.0. The van der Waals surface area contributed by atoms with Crippen LogP contribution < -0.4 is 14.8 Å². The number of para-hydroxylation sites is 2. The third kappa shape index (κ3) is 2.55. The second kappa shape index (κ2) is 4.96. The molecule has 1 fully saturated rings. The molecule has 0 radical (unpaired) electrons. The number of benzene rings is 1. The monoisotopic (exact) mass is 233 g/mol. The van der Waals surface area contributed by atoms with Gasteiger partial charge in [-0.2, -0.15) is 0 Å². The summed E-state index contributed by atoms with van der Waals surface area (Å²) < 4.78 is 11.7. The summed E-state index contributed by atoms with van der Waals surface area (Å²) in [4.78, 5) is 0. The molecule has 0 aromatic heterocycles. The van der Waals surface area contributed by atoms with E-state index in [1.54, 1.807) is 0 Å². The Bertz CT molecular complexity index is 374. The van der Waals surface area contributed by atoms with Gasteiger partial charge in [-0.1, -0.05) is 12.1 Å². The van der Waals surface area contributed by atoms with E-state index in [4.69, 9.17) is 9.47 Å². The Hall–Kier alpha value is -1.22. The molecular weight excluding hydrogens is 214 g/mol. The van der Waals surface area contributed by atoms with E-state index in [9.17, 15) is 0 Å². The lowest BCUT2D eigenvalue weighted by molar-refractivity contribution is 0.0686. The van der Waals surface area contributed by atoms with Crippen molar-refractivity contribution < 1.29 is 9.47 Å². The first-order valence-electron chi connectivity index (χ1n) is 6.51. The molecular formula is C14H19NO2. The maximum Gasteiger partial charge on any atom is 0.161 e. The molecule has 3 rings (SSSR count). The summed E-state index contributed by atoms with van der Waals surface area (Å²) in [5.74, 6) is 2.51. The Balaban J connectivity index is 1.60. The average molecular weight is 233 g/mol. The van der Waals surface area contributed by atoms with Crippen molar-refractivity contribution in [3.8, 4) is 11.5 Å². The fourth-order valence-corrected chi connectivity index (χ4v) is 2.68. The molecule has 0 aliphatic carbocycles. The van der Waals surface area contributed by atoms with Crippen LogP contribution in [-0.4, -0.2) is 25.8 Å². The summed E-state index contributed by atoms with van der Waals surface area (Å²) in [6.45, 7) is 2.98. The van der Waals surface area contributed by atoms with Crippen LogP contribution in [0.25, 0.3) is 0 Å². The fraction of sp³-hybridized carbons (Fsp3) is 0.571. The Morgan fingerprint density at radius 3 is 2.94 bits per heavy atom. The lowest BCUT2D eigenvalue weighted by Gasteiger charge is -2.31. The number of hydrogen-bond acceptors (Lipinski definition) is 3. The van der Waals surface area contributed by atoms with Crippen LogP contribution in [-0.2, 0) is 0 Å². The normalized spacial score (nSPS) is 27.8. The molecule has 1 saturated heterocycles. The van der Waals surface area contributed by atoms with Crippen molar-refractivity contribution in [1.29, 1.82) is 0 Å². The van der Waals surface area contributed by atoms with Crippen molar-refractivity contribution in [2.24, 2.45) is 5.92 Å². The summed E-state index contributed by atoms with van der Waals surface area (Å²) in [6, 6.07) is 7.93. The molecule has 92 valence electrons. The van der Waals surface area contributed by atoms with Gasteiger partial charge < -0.3 is 14.8 Å². The van der Waals surface area contributed by atoms with Crippen LogP contribution in [0.1, 0.15) is 19.3 Å². The summed E-state index contributed by atoms with van der Waals surface area (Å²) in [5.41, 5.74) is 0. The lowest BCUT2D eigenvalue weighted by atomic mass is 9.93. The van der Waals surface area contributed by atoms with Crippen LogP contribution >= 0.6 is 0 Å². The summed E-state index contributed by atoms with van der Waals surface area (Å²) >= 11 is 0. The van der Waals surface area contributed by atoms with Crippen LogP contribution in [0.5, 0.6) is 11.5 Å². The highest BCUT2D eigenvalue weighted by Crippen LogP contribution is 2.32. The topological polar surface area (TPSA) is 30.5 Å². The molecule has 3 heteroatoms. The molecule has 1 aromatic rings. The Morgan fingerprint density at radius 2 is 2.12 bits per heavy atom. The SMILES string of the molecule is c1ccc2c(c1)OCC(CC1CCCNC1)O2. The van der Waals surface area contributed by atoms with Gasteiger partial charge in [-0.25, -0.2) is 0 Å². The van der Waals surface area contributed by atoms with Crippen LogP contribution in [0.4, 0.5) is 0 Å². The highest BCUT2D eigenvalue weighted by Gasteiger charge is 2.24. The Morgan fingerprint density at radius 1 is 1.24 bits per heavy atom. The predicted molar refractivity (Wildman–Crippen MR) is 66.6 cm³/mol. The van der Waals surface area contributed by atoms with Crippen LogP contribution in [0, 0.1) is 5.92 Å². The van der Waals surface area contributed by atoms with E-state index in [2.05, 4.69) is 5.32 Å². The van der Waals surface area contributed by atoms with Gasteiger partial charge >= 0.3 is 0 Å². The van der Waals surface area contributed by atoms with Crippen molar-refractivity contribution in [1.82, 2.24) is 5.32 Å². The van der Waals surface area contributed by atoms with Gasteiger partial charge in [-0.05, 0) is 50.4 Å². The molecule has 0 amide bonds. The maximum absolute atomic E-state index is 5.98. The minimum absolute atomic E-state index is 0.217. The third-order valence-electron chi connectivity index (χ3n) is 3.56. The smallest absolute Gasteiger partial charge is 0.161 e. The molecule has 0 bridgehead atoms. The molecule has 1 N–H and O–H groups in total. The molecule has 1 aromatic carbocycles. The van der Waals surface area contributed by atoms with Gasteiger partial charge in [0, 0.05) is 0 Å². The molecule has 2 aliphatic heterocycles. The van der Waals surface area contributed by atoms with Gasteiger partial charge in [-0.15, -0.1) is 0 Å². The number of ether oxygens (including phenoxy) is 2. The first kappa shape index (κ1) is 10.9. The highest BCUT2D eigenvalue weighted by atomic mass is 16.6. The Labute approximate surface area is 102 Å². The lowest BCUT2D eigenvalue weighted by Crippen LogP contribution is -2.36. The van der Waals surface area contributed by atoms with Crippen molar-refractivity contribution in [2.75, 3.05) is 19.7 Å².